The number of ether oxygens (including phenoxy) is 1. The van der Waals surface area contributed by atoms with E-state index in [2.05, 4.69) is 4.74 Å². The van der Waals surface area contributed by atoms with Crippen molar-refractivity contribution in [3.8, 4) is 5.75 Å². The highest BCUT2D eigenvalue weighted by Crippen LogP contribution is 2.28. The fourth-order valence-electron chi connectivity index (χ4n) is 2.27. The molecule has 1 aromatic heterocycles. The monoisotopic (exact) mass is 622 g/mol. The van der Waals surface area contributed by atoms with Gasteiger partial charge in [-0.1, -0.05) is 0 Å². The second-order valence-electron chi connectivity index (χ2n) is 5.23. The summed E-state index contributed by atoms with van der Waals surface area (Å²) >= 11 is 4.01. The van der Waals surface area contributed by atoms with E-state index in [-0.39, 0.29) is 10.5 Å². The van der Waals surface area contributed by atoms with Gasteiger partial charge in [-0.3, -0.25) is 0 Å². The number of benzene rings is 2. The first-order valence-corrected chi connectivity index (χ1v) is 10.7. The zero-order chi connectivity index (χ0) is 20.0. The molecule has 0 amide bonds. The number of sulfone groups is 1. The lowest BCUT2D eigenvalue weighted by Crippen LogP contribution is -2.17. The molecule has 0 aliphatic heterocycles. The Hall–Kier alpha value is -1.35. The molecule has 0 saturated heterocycles. The molecule has 0 N–H and O–H groups in total. The molecule has 0 aliphatic rings. The van der Waals surface area contributed by atoms with Gasteiger partial charge in [0.15, 0.2) is 10.5 Å². The molecule has 0 aliphatic carbocycles. The van der Waals surface area contributed by atoms with E-state index in [4.69, 9.17) is 4.42 Å². The molecule has 11 heteroatoms. The average molecular weight is 622 g/mol. The van der Waals surface area contributed by atoms with Crippen molar-refractivity contribution in [2.24, 2.45) is 0 Å². The summed E-state index contributed by atoms with van der Waals surface area (Å²) in [5, 5.41) is 0.418. The van der Waals surface area contributed by atoms with E-state index >= 15 is 0 Å². The molecule has 3 rings (SSSR count). The first-order chi connectivity index (χ1) is 12.5. The van der Waals surface area contributed by atoms with Gasteiger partial charge in [0.25, 0.3) is 0 Å². The van der Waals surface area contributed by atoms with Crippen LogP contribution in [0.2, 0.25) is 0 Å². The molecule has 5 nitrogen and oxygen atoms in total. The number of halogens is 5. The van der Waals surface area contributed by atoms with Crippen molar-refractivity contribution in [3.05, 3.63) is 60.0 Å². The third-order valence-corrected chi connectivity index (χ3v) is 6.56. The van der Waals surface area contributed by atoms with Gasteiger partial charge in [-0.25, -0.2) is 13.2 Å². The van der Waals surface area contributed by atoms with Crippen molar-refractivity contribution in [2.45, 2.75) is 16.2 Å². The lowest BCUT2D eigenvalue weighted by atomic mass is 10.2. The van der Waals surface area contributed by atoms with Gasteiger partial charge in [-0.15, -0.1) is 13.2 Å². The maximum Gasteiger partial charge on any atom is 0.573 e. The Morgan fingerprint density at radius 3 is 2.22 bits per heavy atom. The molecule has 1 heterocycles. The summed E-state index contributed by atoms with van der Waals surface area (Å²) in [4.78, 5) is 11.3. The second kappa shape index (κ2) is 7.24. The second-order valence-corrected chi connectivity index (χ2v) is 9.55. The van der Waals surface area contributed by atoms with Gasteiger partial charge in [0, 0.05) is 8.96 Å². The predicted molar refractivity (Wildman–Crippen MR) is 106 cm³/mol. The minimum Gasteiger partial charge on any atom is -0.421 e. The lowest BCUT2D eigenvalue weighted by Gasteiger charge is -2.10. The number of rotatable bonds is 3. The summed E-state index contributed by atoms with van der Waals surface area (Å²) in [5.41, 5.74) is -0.800. The Bertz CT molecular complexity index is 1190. The summed E-state index contributed by atoms with van der Waals surface area (Å²) < 4.78 is 72.4. The fourth-order valence-corrected chi connectivity index (χ4v) is 5.56. The van der Waals surface area contributed by atoms with Gasteiger partial charge in [-0.05, 0) is 87.6 Å². The Kier molecular flexibility index (Phi) is 5.46. The van der Waals surface area contributed by atoms with Gasteiger partial charge in [0.1, 0.15) is 5.75 Å². The summed E-state index contributed by atoms with van der Waals surface area (Å²) in [6.07, 6.45) is -4.89. The minimum absolute atomic E-state index is 0.258. The molecule has 0 saturated carbocycles. The Morgan fingerprint density at radius 2 is 1.63 bits per heavy atom. The average Bonchev–Trinajstić information content (AvgIpc) is 2.54. The highest BCUT2D eigenvalue weighted by atomic mass is 127. The van der Waals surface area contributed by atoms with Crippen molar-refractivity contribution in [1.29, 1.82) is 0 Å². The van der Waals surface area contributed by atoms with E-state index in [0.29, 0.717) is 8.96 Å². The summed E-state index contributed by atoms with van der Waals surface area (Å²) in [7, 11) is -4.30. The van der Waals surface area contributed by atoms with Crippen LogP contribution in [0.4, 0.5) is 13.2 Å². The molecule has 142 valence electrons. The molecule has 0 atom stereocenters. The van der Waals surface area contributed by atoms with E-state index in [1.807, 2.05) is 45.2 Å². The first-order valence-electron chi connectivity index (χ1n) is 7.01. The zero-order valence-corrected chi connectivity index (χ0v) is 18.0. The zero-order valence-electron chi connectivity index (χ0n) is 12.9. The lowest BCUT2D eigenvalue weighted by molar-refractivity contribution is -0.274. The molecule has 0 bridgehead atoms. The molecule has 0 spiro atoms. The SMILES string of the molecule is O=c1oc2c(I)cc(I)cc2cc1S(=O)(=O)c1ccc(OC(F)(F)F)cc1. The fraction of sp³-hybridized carbons (Fsp3) is 0.0625. The number of alkyl halides is 3. The van der Waals surface area contributed by atoms with Gasteiger partial charge in [0.2, 0.25) is 9.84 Å². The number of hydrogen-bond donors (Lipinski definition) is 0. The molecule has 0 radical (unpaired) electrons. The summed E-state index contributed by atoms with van der Waals surface area (Å²) in [6.45, 7) is 0. The number of fused-ring (bicyclic) bond motifs is 1. The van der Waals surface area contributed by atoms with Crippen LogP contribution in [0.25, 0.3) is 11.0 Å². The normalized spacial score (nSPS) is 12.3. The van der Waals surface area contributed by atoms with Crippen LogP contribution in [0.15, 0.2) is 61.5 Å². The quantitative estimate of drug-likeness (QED) is 0.312. The molecule has 0 fully saturated rings. The predicted octanol–water partition coefficient (Wildman–Crippen LogP) is 4.73. The molecule has 3 aromatic rings. The van der Waals surface area contributed by atoms with Gasteiger partial charge >= 0.3 is 12.0 Å². The van der Waals surface area contributed by atoms with Crippen molar-refractivity contribution < 1.29 is 30.7 Å². The molecular weight excluding hydrogens is 615 g/mol. The van der Waals surface area contributed by atoms with Crippen LogP contribution in [0, 0.1) is 7.14 Å². The maximum absolute atomic E-state index is 12.7. The van der Waals surface area contributed by atoms with Crippen LogP contribution in [0.1, 0.15) is 0 Å². The molecule has 0 unspecified atom stereocenters. The van der Waals surface area contributed by atoms with Crippen LogP contribution < -0.4 is 10.4 Å². The van der Waals surface area contributed by atoms with Crippen LogP contribution in [0.5, 0.6) is 5.75 Å². The van der Waals surface area contributed by atoms with E-state index in [0.717, 1.165) is 27.8 Å². The van der Waals surface area contributed by atoms with Gasteiger partial charge in [-0.2, -0.15) is 0 Å². The van der Waals surface area contributed by atoms with Crippen LogP contribution in [-0.4, -0.2) is 14.8 Å². The highest BCUT2D eigenvalue weighted by molar-refractivity contribution is 14.1. The Morgan fingerprint density at radius 1 is 1.00 bits per heavy atom. The van der Waals surface area contributed by atoms with Crippen molar-refractivity contribution >= 4 is 66.0 Å². The van der Waals surface area contributed by atoms with Gasteiger partial charge < -0.3 is 9.15 Å². The van der Waals surface area contributed by atoms with Crippen molar-refractivity contribution in [2.75, 3.05) is 0 Å². The third-order valence-electron chi connectivity index (χ3n) is 3.38. The molecule has 27 heavy (non-hydrogen) atoms. The van der Waals surface area contributed by atoms with E-state index < -0.39 is 32.5 Å². The van der Waals surface area contributed by atoms with E-state index in [1.54, 1.807) is 12.1 Å². The Balaban J connectivity index is 2.09. The standard InChI is InChI=1S/C16H7F3I2O5S/c17-16(18,19)26-10-1-3-11(4-2-10)27(23,24)13-6-8-5-9(20)7-12(21)14(8)25-15(13)22/h1-7H. The minimum atomic E-state index is -4.89. The Labute approximate surface area is 177 Å². The highest BCUT2D eigenvalue weighted by Gasteiger charge is 2.31. The first kappa shape index (κ1) is 20.4. The van der Waals surface area contributed by atoms with Crippen LogP contribution in [0.3, 0.4) is 0 Å². The van der Waals surface area contributed by atoms with E-state index in [1.165, 1.54) is 6.07 Å². The maximum atomic E-state index is 12.7. The molecule has 2 aromatic carbocycles. The van der Waals surface area contributed by atoms with E-state index in [9.17, 15) is 26.4 Å². The van der Waals surface area contributed by atoms with Crippen LogP contribution in [-0.2, 0) is 9.84 Å². The van der Waals surface area contributed by atoms with Crippen molar-refractivity contribution in [3.63, 3.8) is 0 Å². The van der Waals surface area contributed by atoms with Crippen molar-refractivity contribution in [1.82, 2.24) is 0 Å². The number of hydrogen-bond acceptors (Lipinski definition) is 5. The third kappa shape index (κ3) is 4.39. The topological polar surface area (TPSA) is 73.6 Å². The largest absolute Gasteiger partial charge is 0.573 e. The van der Waals surface area contributed by atoms with Crippen LogP contribution >= 0.6 is 45.2 Å². The molecular formula is C16H7F3I2O5S. The van der Waals surface area contributed by atoms with Gasteiger partial charge in [0.05, 0.1) is 8.47 Å². The smallest absolute Gasteiger partial charge is 0.421 e. The summed E-state index contributed by atoms with van der Waals surface area (Å²) in [5.74, 6) is -0.573. The summed E-state index contributed by atoms with van der Waals surface area (Å²) in [6, 6.07) is 8.18.